The molecule has 0 aliphatic carbocycles. The van der Waals surface area contributed by atoms with E-state index in [-0.39, 0.29) is 0 Å². The molecular weight excluding hydrogens is 423 g/mol. The van der Waals surface area contributed by atoms with E-state index in [1.54, 1.807) is 22.9 Å². The van der Waals surface area contributed by atoms with Gasteiger partial charge in [0.05, 0.1) is 17.3 Å². The molecule has 0 unspecified atom stereocenters. The lowest BCUT2D eigenvalue weighted by Crippen LogP contribution is -2.11. The van der Waals surface area contributed by atoms with Crippen LogP contribution in [-0.2, 0) is 7.05 Å². The number of aryl methyl sites for hydroxylation is 1. The number of nitriles is 1. The average molecular weight is 437 g/mol. The van der Waals surface area contributed by atoms with Gasteiger partial charge in [-0.1, -0.05) is 64.9 Å². The maximum atomic E-state index is 9.61. The van der Waals surface area contributed by atoms with Gasteiger partial charge >= 0.3 is 0 Å². The van der Waals surface area contributed by atoms with Gasteiger partial charge in [0.15, 0.2) is 0 Å². The van der Waals surface area contributed by atoms with Gasteiger partial charge in [-0.25, -0.2) is 9.67 Å². The summed E-state index contributed by atoms with van der Waals surface area (Å²) in [7, 11) is 1.85. The van der Waals surface area contributed by atoms with E-state index >= 15 is 0 Å². The van der Waals surface area contributed by atoms with Crippen LogP contribution in [0.15, 0.2) is 71.7 Å². The van der Waals surface area contributed by atoms with Gasteiger partial charge in [-0.2, -0.15) is 10.4 Å². The Morgan fingerprint density at radius 1 is 0.931 bits per heavy atom. The molecule has 0 N–H and O–H groups in total. The lowest BCUT2D eigenvalue weighted by Gasteiger charge is -2.08. The summed E-state index contributed by atoms with van der Waals surface area (Å²) >= 11 is 13.5. The molecule has 7 heteroatoms. The van der Waals surface area contributed by atoms with Crippen molar-refractivity contribution >= 4 is 40.2 Å². The van der Waals surface area contributed by atoms with Crippen LogP contribution in [0.3, 0.4) is 0 Å². The van der Waals surface area contributed by atoms with Gasteiger partial charge in [-0.15, -0.1) is 0 Å². The smallest absolute Gasteiger partial charge is 0.208 e. The molecule has 3 aromatic carbocycles. The number of nitrogens with zero attached hydrogens (tertiary/aromatic N) is 4. The zero-order valence-electron chi connectivity index (χ0n) is 15.3. The van der Waals surface area contributed by atoms with Crippen molar-refractivity contribution in [3.8, 4) is 27.8 Å². The quantitative estimate of drug-likeness (QED) is 0.382. The van der Waals surface area contributed by atoms with Gasteiger partial charge in [0.2, 0.25) is 4.80 Å². The highest BCUT2D eigenvalue weighted by Gasteiger charge is 2.12. The number of rotatable bonds is 3. The van der Waals surface area contributed by atoms with Crippen LogP contribution in [0.2, 0.25) is 10.0 Å². The molecule has 1 aromatic heterocycles. The zero-order valence-corrected chi connectivity index (χ0v) is 17.6. The Hall–Kier alpha value is -2.91. The molecule has 1 heterocycles. The molecule has 4 aromatic rings. The van der Waals surface area contributed by atoms with E-state index < -0.39 is 0 Å². The molecule has 0 aliphatic rings. The summed E-state index contributed by atoms with van der Waals surface area (Å²) in [5.74, 6) is 0. The van der Waals surface area contributed by atoms with E-state index in [0.717, 1.165) is 26.5 Å². The van der Waals surface area contributed by atoms with Gasteiger partial charge in [0, 0.05) is 28.2 Å². The first-order valence-corrected chi connectivity index (χ1v) is 10.3. The van der Waals surface area contributed by atoms with Crippen molar-refractivity contribution in [3.63, 3.8) is 0 Å². The van der Waals surface area contributed by atoms with Crippen molar-refractivity contribution in [2.24, 2.45) is 12.0 Å². The van der Waals surface area contributed by atoms with Crippen LogP contribution >= 0.6 is 34.5 Å². The molecule has 0 saturated heterocycles. The first kappa shape index (κ1) is 19.4. The summed E-state index contributed by atoms with van der Waals surface area (Å²) in [5.41, 5.74) is 3.88. The monoisotopic (exact) mass is 436 g/mol. The van der Waals surface area contributed by atoms with Gasteiger partial charge < -0.3 is 0 Å². The van der Waals surface area contributed by atoms with Crippen molar-refractivity contribution in [3.05, 3.63) is 87.1 Å². The first-order chi connectivity index (χ1) is 14.0. The number of hydrogen-bond acceptors (Lipinski definition) is 4. The van der Waals surface area contributed by atoms with E-state index in [2.05, 4.69) is 11.2 Å². The molecule has 0 radical (unpaired) electrons. The Bertz CT molecular complexity index is 1280. The standard InChI is InChI=1S/C22H14Cl2N4S/c1-28-22(29-21(27-28)15-7-11-18(24)12-8-15)26-19-4-2-3-16(13-25)20(19)14-5-9-17(23)10-6-14/h2-12H,1H3. The number of aromatic nitrogens is 2. The molecular formula is C22H14Cl2N4S. The normalized spacial score (nSPS) is 11.4. The van der Waals surface area contributed by atoms with Gasteiger partial charge in [-0.05, 0) is 42.0 Å². The molecule has 0 spiro atoms. The van der Waals surface area contributed by atoms with Crippen LogP contribution in [0.4, 0.5) is 5.69 Å². The molecule has 4 nitrogen and oxygen atoms in total. The van der Waals surface area contributed by atoms with E-state index in [0.29, 0.717) is 21.3 Å². The van der Waals surface area contributed by atoms with Gasteiger partial charge in [-0.3, -0.25) is 0 Å². The third-order valence-electron chi connectivity index (χ3n) is 4.31. The fourth-order valence-electron chi connectivity index (χ4n) is 2.91. The summed E-state index contributed by atoms with van der Waals surface area (Å²) in [5, 5.41) is 16.4. The van der Waals surface area contributed by atoms with E-state index in [1.165, 1.54) is 11.3 Å². The topological polar surface area (TPSA) is 54.0 Å². The predicted molar refractivity (Wildman–Crippen MR) is 118 cm³/mol. The maximum Gasteiger partial charge on any atom is 0.208 e. The molecule has 0 amide bonds. The maximum absolute atomic E-state index is 9.61. The number of benzene rings is 3. The Balaban J connectivity index is 1.86. The number of hydrogen-bond donors (Lipinski definition) is 0. The summed E-state index contributed by atoms with van der Waals surface area (Å²) < 4.78 is 1.74. The van der Waals surface area contributed by atoms with Gasteiger partial charge in [0.1, 0.15) is 5.01 Å². The minimum atomic E-state index is 0.554. The Kier molecular flexibility index (Phi) is 5.50. The van der Waals surface area contributed by atoms with Crippen LogP contribution in [0.1, 0.15) is 5.56 Å². The van der Waals surface area contributed by atoms with Crippen molar-refractivity contribution in [1.82, 2.24) is 9.78 Å². The van der Waals surface area contributed by atoms with Crippen molar-refractivity contribution < 1.29 is 0 Å². The van der Waals surface area contributed by atoms with E-state index in [4.69, 9.17) is 28.2 Å². The predicted octanol–water partition coefficient (Wildman–Crippen LogP) is 6.23. The second-order valence-electron chi connectivity index (χ2n) is 6.25. The Morgan fingerprint density at radius 3 is 2.17 bits per heavy atom. The fourth-order valence-corrected chi connectivity index (χ4v) is 4.06. The minimum absolute atomic E-state index is 0.554. The lowest BCUT2D eigenvalue weighted by atomic mass is 9.98. The third kappa shape index (κ3) is 4.10. The van der Waals surface area contributed by atoms with Crippen LogP contribution in [-0.4, -0.2) is 9.78 Å². The molecule has 0 fully saturated rings. The molecule has 0 aliphatic heterocycles. The second kappa shape index (κ2) is 8.22. The summed E-state index contributed by atoms with van der Waals surface area (Å²) in [6, 6.07) is 22.7. The van der Waals surface area contributed by atoms with E-state index in [1.807, 2.05) is 55.6 Å². The highest BCUT2D eigenvalue weighted by molar-refractivity contribution is 7.12. The lowest BCUT2D eigenvalue weighted by molar-refractivity contribution is 0.732. The summed E-state index contributed by atoms with van der Waals surface area (Å²) in [4.78, 5) is 5.54. The third-order valence-corrected chi connectivity index (χ3v) is 5.86. The average Bonchev–Trinajstić information content (AvgIpc) is 3.09. The van der Waals surface area contributed by atoms with Crippen molar-refractivity contribution in [1.29, 1.82) is 5.26 Å². The Morgan fingerprint density at radius 2 is 1.55 bits per heavy atom. The van der Waals surface area contributed by atoms with Crippen LogP contribution in [0.5, 0.6) is 0 Å². The molecule has 29 heavy (non-hydrogen) atoms. The second-order valence-corrected chi connectivity index (χ2v) is 8.08. The summed E-state index contributed by atoms with van der Waals surface area (Å²) in [6.45, 7) is 0. The van der Waals surface area contributed by atoms with Crippen LogP contribution in [0, 0.1) is 11.3 Å². The minimum Gasteiger partial charge on any atom is -0.241 e. The largest absolute Gasteiger partial charge is 0.241 e. The van der Waals surface area contributed by atoms with Crippen LogP contribution in [0.25, 0.3) is 21.7 Å². The van der Waals surface area contributed by atoms with Crippen molar-refractivity contribution in [2.75, 3.05) is 0 Å². The molecule has 4 rings (SSSR count). The fraction of sp³-hybridized carbons (Fsp3) is 0.0455. The molecule has 0 saturated carbocycles. The van der Waals surface area contributed by atoms with E-state index in [9.17, 15) is 5.26 Å². The zero-order chi connectivity index (χ0) is 20.4. The van der Waals surface area contributed by atoms with Crippen LogP contribution < -0.4 is 4.80 Å². The molecule has 142 valence electrons. The number of halogens is 2. The Labute approximate surface area is 181 Å². The van der Waals surface area contributed by atoms with Crippen molar-refractivity contribution in [2.45, 2.75) is 0 Å². The van der Waals surface area contributed by atoms with Gasteiger partial charge in [0.25, 0.3) is 0 Å². The first-order valence-electron chi connectivity index (χ1n) is 8.69. The highest BCUT2D eigenvalue weighted by atomic mass is 35.5. The highest BCUT2D eigenvalue weighted by Crippen LogP contribution is 2.34. The SMILES string of the molecule is Cn1nc(-c2ccc(Cl)cc2)sc1=Nc1cccc(C#N)c1-c1ccc(Cl)cc1. The summed E-state index contributed by atoms with van der Waals surface area (Å²) in [6.07, 6.45) is 0. The molecule has 0 bridgehead atoms. The molecule has 0 atom stereocenters.